The number of aromatic amines is 1. The second kappa shape index (κ2) is 4.22. The minimum absolute atomic E-state index is 0.209. The Hall–Kier alpha value is -1.42. The molecule has 0 aliphatic rings. The topological polar surface area (TPSA) is 20.7 Å². The van der Waals surface area contributed by atoms with Gasteiger partial charge in [-0.2, -0.15) is 0 Å². The zero-order chi connectivity index (χ0) is 11.7. The zero-order valence-corrected chi connectivity index (χ0v) is 9.90. The molecule has 0 spiro atoms. The van der Waals surface area contributed by atoms with Crippen LogP contribution in [0.3, 0.4) is 0 Å². The molecule has 0 fully saturated rings. The number of fused-ring (bicyclic) bond motifs is 1. The van der Waals surface area contributed by atoms with E-state index in [9.17, 15) is 4.39 Å². The molecule has 84 valence electrons. The van der Waals surface area contributed by atoms with E-state index < -0.39 is 0 Å². The lowest BCUT2D eigenvalue weighted by Gasteiger charge is -2.03. The maximum Gasteiger partial charge on any atom is 0.178 e. The maximum atomic E-state index is 13.4. The molecule has 0 aliphatic carbocycles. The van der Waals surface area contributed by atoms with E-state index in [-0.39, 0.29) is 5.82 Å². The summed E-state index contributed by atoms with van der Waals surface area (Å²) < 4.78 is 16.0. The average molecular weight is 236 g/mol. The largest absolute Gasteiger partial charge is 0.330 e. The van der Waals surface area contributed by atoms with Crippen LogP contribution in [-0.4, -0.2) is 9.55 Å². The summed E-state index contributed by atoms with van der Waals surface area (Å²) in [5.74, 6) is -0.209. The second-order valence-corrected chi connectivity index (χ2v) is 4.16. The molecule has 16 heavy (non-hydrogen) atoms. The first-order chi connectivity index (χ1) is 7.63. The number of benzene rings is 1. The highest BCUT2D eigenvalue weighted by atomic mass is 32.1. The summed E-state index contributed by atoms with van der Waals surface area (Å²) in [5.41, 5.74) is 2.33. The van der Waals surface area contributed by atoms with Crippen molar-refractivity contribution >= 4 is 23.3 Å². The van der Waals surface area contributed by atoms with Crippen molar-refractivity contribution in [2.24, 2.45) is 0 Å². The fraction of sp³-hybridized carbons (Fsp3) is 0.250. The van der Waals surface area contributed by atoms with Crippen molar-refractivity contribution in [1.29, 1.82) is 0 Å². The summed E-state index contributed by atoms with van der Waals surface area (Å²) in [6.45, 7) is 6.21. The first-order valence-electron chi connectivity index (χ1n) is 5.13. The maximum absolute atomic E-state index is 13.4. The van der Waals surface area contributed by atoms with E-state index in [1.165, 1.54) is 6.07 Å². The van der Waals surface area contributed by atoms with E-state index in [4.69, 9.17) is 12.2 Å². The lowest BCUT2D eigenvalue weighted by molar-refractivity contribution is 0.620. The number of aryl methyl sites for hydroxylation is 2. The molecule has 0 radical (unpaired) electrons. The van der Waals surface area contributed by atoms with E-state index in [1.807, 2.05) is 16.7 Å². The highest BCUT2D eigenvalue weighted by molar-refractivity contribution is 7.71. The van der Waals surface area contributed by atoms with Crippen LogP contribution in [0.2, 0.25) is 0 Å². The van der Waals surface area contributed by atoms with Gasteiger partial charge in [-0.15, -0.1) is 6.58 Å². The Kier molecular flexibility index (Phi) is 2.92. The highest BCUT2D eigenvalue weighted by Gasteiger charge is 2.07. The Morgan fingerprint density at radius 1 is 1.56 bits per heavy atom. The van der Waals surface area contributed by atoms with Crippen LogP contribution < -0.4 is 0 Å². The third kappa shape index (κ3) is 1.80. The van der Waals surface area contributed by atoms with Crippen molar-refractivity contribution in [2.45, 2.75) is 19.9 Å². The van der Waals surface area contributed by atoms with Crippen LogP contribution in [0, 0.1) is 17.5 Å². The molecule has 0 atom stereocenters. The van der Waals surface area contributed by atoms with Crippen molar-refractivity contribution in [2.75, 3.05) is 0 Å². The Morgan fingerprint density at radius 2 is 2.31 bits per heavy atom. The first kappa shape index (κ1) is 11.1. The number of hydrogen-bond acceptors (Lipinski definition) is 1. The number of imidazole rings is 1. The van der Waals surface area contributed by atoms with E-state index in [0.29, 0.717) is 10.3 Å². The van der Waals surface area contributed by atoms with Gasteiger partial charge in [0.2, 0.25) is 0 Å². The van der Waals surface area contributed by atoms with Gasteiger partial charge in [0, 0.05) is 6.54 Å². The Morgan fingerprint density at radius 3 is 3.00 bits per heavy atom. The summed E-state index contributed by atoms with van der Waals surface area (Å²) in [6, 6.07) is 3.31. The number of nitrogens with zero attached hydrogens (tertiary/aromatic N) is 1. The summed E-state index contributed by atoms with van der Waals surface area (Å²) >= 11 is 5.20. The van der Waals surface area contributed by atoms with Crippen molar-refractivity contribution in [3.63, 3.8) is 0 Å². The smallest absolute Gasteiger partial charge is 0.178 e. The van der Waals surface area contributed by atoms with Gasteiger partial charge >= 0.3 is 0 Å². The van der Waals surface area contributed by atoms with Gasteiger partial charge < -0.3 is 9.55 Å². The molecule has 0 amide bonds. The lowest BCUT2D eigenvalue weighted by Crippen LogP contribution is -1.97. The quantitative estimate of drug-likeness (QED) is 0.636. The van der Waals surface area contributed by atoms with Crippen LogP contribution in [0.25, 0.3) is 11.0 Å². The molecule has 0 bridgehead atoms. The molecular weight excluding hydrogens is 223 g/mol. The SMILES string of the molecule is C=CCCn1c(=S)[nH]c2cc(F)c(C)cc21. The van der Waals surface area contributed by atoms with Gasteiger partial charge in [0.05, 0.1) is 11.0 Å². The summed E-state index contributed by atoms with van der Waals surface area (Å²) in [6.07, 6.45) is 2.69. The number of halogens is 1. The molecule has 0 saturated heterocycles. The minimum Gasteiger partial charge on any atom is -0.330 e. The van der Waals surface area contributed by atoms with Crippen LogP contribution in [0.1, 0.15) is 12.0 Å². The predicted molar refractivity (Wildman–Crippen MR) is 66.6 cm³/mol. The fourth-order valence-corrected chi connectivity index (χ4v) is 2.02. The third-order valence-corrected chi connectivity index (χ3v) is 2.93. The number of nitrogens with one attached hydrogen (secondary N) is 1. The molecule has 2 nitrogen and oxygen atoms in total. The van der Waals surface area contributed by atoms with Gasteiger partial charge in [0.25, 0.3) is 0 Å². The van der Waals surface area contributed by atoms with E-state index >= 15 is 0 Å². The van der Waals surface area contributed by atoms with E-state index in [0.717, 1.165) is 24.0 Å². The Bertz CT molecular complexity index is 595. The van der Waals surface area contributed by atoms with Crippen LogP contribution in [0.4, 0.5) is 4.39 Å². The zero-order valence-electron chi connectivity index (χ0n) is 9.09. The molecule has 4 heteroatoms. The monoisotopic (exact) mass is 236 g/mol. The summed E-state index contributed by atoms with van der Waals surface area (Å²) in [4.78, 5) is 3.01. The molecule has 0 saturated carbocycles. The number of aromatic nitrogens is 2. The van der Waals surface area contributed by atoms with Gasteiger partial charge in [-0.05, 0) is 43.3 Å². The average Bonchev–Trinajstić information content (AvgIpc) is 2.52. The number of allylic oxidation sites excluding steroid dienone is 1. The molecule has 0 aliphatic heterocycles. The third-order valence-electron chi connectivity index (χ3n) is 2.61. The van der Waals surface area contributed by atoms with Crippen molar-refractivity contribution in [3.8, 4) is 0 Å². The summed E-state index contributed by atoms with van der Waals surface area (Å²) in [7, 11) is 0. The standard InChI is InChI=1S/C12H13FN2S/c1-3-4-5-15-11-6-8(2)9(13)7-10(11)14-12(15)16/h3,6-7H,1,4-5H2,2H3,(H,14,16). The van der Waals surface area contributed by atoms with Crippen molar-refractivity contribution < 1.29 is 4.39 Å². The highest BCUT2D eigenvalue weighted by Crippen LogP contribution is 2.19. The predicted octanol–water partition coefficient (Wildman–Crippen LogP) is 3.72. The van der Waals surface area contributed by atoms with Crippen LogP contribution in [0.5, 0.6) is 0 Å². The normalized spacial score (nSPS) is 10.9. The number of H-pyrrole nitrogens is 1. The van der Waals surface area contributed by atoms with Gasteiger partial charge in [-0.3, -0.25) is 0 Å². The van der Waals surface area contributed by atoms with E-state index in [1.54, 1.807) is 6.92 Å². The molecule has 1 aromatic carbocycles. The second-order valence-electron chi connectivity index (χ2n) is 3.78. The molecule has 1 N–H and O–H groups in total. The van der Waals surface area contributed by atoms with Crippen LogP contribution in [-0.2, 0) is 6.54 Å². The molecular formula is C12H13FN2S. The van der Waals surface area contributed by atoms with Gasteiger partial charge in [-0.1, -0.05) is 6.08 Å². The van der Waals surface area contributed by atoms with Crippen LogP contribution in [0.15, 0.2) is 24.8 Å². The number of rotatable bonds is 3. The van der Waals surface area contributed by atoms with E-state index in [2.05, 4.69) is 11.6 Å². The Labute approximate surface area is 98.4 Å². The first-order valence-corrected chi connectivity index (χ1v) is 5.54. The molecule has 1 heterocycles. The molecule has 2 rings (SSSR count). The molecule has 1 aromatic heterocycles. The molecule has 0 unspecified atom stereocenters. The summed E-state index contributed by atoms with van der Waals surface area (Å²) in [5, 5.41) is 0. The Balaban J connectivity index is 2.64. The van der Waals surface area contributed by atoms with Gasteiger partial charge in [0.1, 0.15) is 5.82 Å². The van der Waals surface area contributed by atoms with Crippen molar-refractivity contribution in [3.05, 3.63) is 40.9 Å². The van der Waals surface area contributed by atoms with Gasteiger partial charge in [-0.25, -0.2) is 4.39 Å². The van der Waals surface area contributed by atoms with Crippen molar-refractivity contribution in [1.82, 2.24) is 9.55 Å². The number of hydrogen-bond donors (Lipinski definition) is 1. The minimum atomic E-state index is -0.209. The van der Waals surface area contributed by atoms with Gasteiger partial charge in [0.15, 0.2) is 4.77 Å². The lowest BCUT2D eigenvalue weighted by atomic mass is 10.2. The molecule has 2 aromatic rings. The fourth-order valence-electron chi connectivity index (χ4n) is 1.72. The van der Waals surface area contributed by atoms with Crippen LogP contribution >= 0.6 is 12.2 Å².